The monoisotopic (exact) mass is 399 g/mol. The fourth-order valence-corrected chi connectivity index (χ4v) is 4.58. The largest absolute Gasteiger partial charge is 0.325 e. The van der Waals surface area contributed by atoms with Crippen LogP contribution in [0.2, 0.25) is 5.02 Å². The van der Waals surface area contributed by atoms with Gasteiger partial charge in [0.2, 0.25) is 5.91 Å². The minimum atomic E-state index is -3.03. The van der Waals surface area contributed by atoms with Gasteiger partial charge in [0.1, 0.15) is 0 Å². The van der Waals surface area contributed by atoms with E-state index < -0.39 is 15.8 Å². The number of benzene rings is 1. The van der Waals surface area contributed by atoms with Crippen LogP contribution in [0.25, 0.3) is 0 Å². The molecule has 1 fully saturated rings. The summed E-state index contributed by atoms with van der Waals surface area (Å²) in [6.45, 7) is 0. The molecule has 1 aromatic carbocycles. The Morgan fingerprint density at radius 2 is 2.17 bits per heavy atom. The molecule has 1 N–H and O–H groups in total. The highest BCUT2D eigenvalue weighted by atomic mass is 127. The number of rotatable bonds is 2. The van der Waals surface area contributed by atoms with Gasteiger partial charge in [0.15, 0.2) is 9.84 Å². The molecule has 1 atom stereocenters. The molecular formula is C11H11ClINO3S. The first kappa shape index (κ1) is 14.1. The van der Waals surface area contributed by atoms with Gasteiger partial charge in [-0.3, -0.25) is 4.79 Å². The van der Waals surface area contributed by atoms with Crippen molar-refractivity contribution in [2.45, 2.75) is 6.42 Å². The molecule has 0 radical (unpaired) electrons. The van der Waals surface area contributed by atoms with E-state index in [1.54, 1.807) is 18.2 Å². The molecule has 0 saturated carbocycles. The summed E-state index contributed by atoms with van der Waals surface area (Å²) in [5, 5.41) is 3.35. The number of hydrogen-bond donors (Lipinski definition) is 1. The van der Waals surface area contributed by atoms with Crippen molar-refractivity contribution in [2.24, 2.45) is 5.92 Å². The first-order valence-electron chi connectivity index (χ1n) is 5.34. The normalized spacial score (nSPS) is 21.8. The smallest absolute Gasteiger partial charge is 0.228 e. The molecule has 1 saturated heterocycles. The van der Waals surface area contributed by atoms with E-state index in [4.69, 9.17) is 11.6 Å². The van der Waals surface area contributed by atoms with Gasteiger partial charge in [-0.05, 0) is 47.2 Å². The van der Waals surface area contributed by atoms with E-state index in [2.05, 4.69) is 27.9 Å². The van der Waals surface area contributed by atoms with E-state index in [0.29, 0.717) is 17.1 Å². The van der Waals surface area contributed by atoms with Crippen LogP contribution in [-0.2, 0) is 14.6 Å². The third kappa shape index (κ3) is 3.36. The fraction of sp³-hybridized carbons (Fsp3) is 0.364. The molecule has 98 valence electrons. The lowest BCUT2D eigenvalue weighted by Gasteiger charge is -2.11. The highest BCUT2D eigenvalue weighted by Crippen LogP contribution is 2.25. The summed E-state index contributed by atoms with van der Waals surface area (Å²) in [7, 11) is -3.03. The molecule has 2 rings (SSSR count). The van der Waals surface area contributed by atoms with Crippen LogP contribution in [0.3, 0.4) is 0 Å². The number of halogens is 2. The van der Waals surface area contributed by atoms with E-state index in [9.17, 15) is 13.2 Å². The molecule has 1 aliphatic heterocycles. The van der Waals surface area contributed by atoms with Crippen LogP contribution in [0, 0.1) is 9.49 Å². The van der Waals surface area contributed by atoms with Gasteiger partial charge in [0.25, 0.3) is 0 Å². The average Bonchev–Trinajstić information content (AvgIpc) is 2.63. The Morgan fingerprint density at radius 3 is 2.72 bits per heavy atom. The summed E-state index contributed by atoms with van der Waals surface area (Å²) in [6, 6.07) is 5.14. The van der Waals surface area contributed by atoms with E-state index in [0.717, 1.165) is 3.57 Å². The van der Waals surface area contributed by atoms with E-state index in [1.165, 1.54) is 0 Å². The number of hydrogen-bond acceptors (Lipinski definition) is 3. The van der Waals surface area contributed by atoms with Gasteiger partial charge in [0, 0.05) is 8.59 Å². The fourth-order valence-electron chi connectivity index (χ4n) is 1.83. The molecule has 0 spiro atoms. The van der Waals surface area contributed by atoms with Crippen molar-refractivity contribution in [1.29, 1.82) is 0 Å². The predicted molar refractivity (Wildman–Crippen MR) is 79.6 cm³/mol. The zero-order valence-electron chi connectivity index (χ0n) is 9.32. The number of nitrogens with one attached hydrogen (secondary N) is 1. The molecule has 1 aliphatic rings. The van der Waals surface area contributed by atoms with Gasteiger partial charge < -0.3 is 5.32 Å². The SMILES string of the molecule is O=C(Nc1ccc(Cl)cc1I)C1CCS(=O)(=O)C1. The summed E-state index contributed by atoms with van der Waals surface area (Å²) < 4.78 is 23.4. The van der Waals surface area contributed by atoms with E-state index >= 15 is 0 Å². The maximum absolute atomic E-state index is 11.9. The third-order valence-electron chi connectivity index (χ3n) is 2.79. The third-order valence-corrected chi connectivity index (χ3v) is 5.69. The molecule has 0 bridgehead atoms. The molecule has 1 heterocycles. The quantitative estimate of drug-likeness (QED) is 0.776. The summed E-state index contributed by atoms with van der Waals surface area (Å²) in [5.41, 5.74) is 0.661. The number of carbonyl (C=O) groups is 1. The molecular weight excluding hydrogens is 389 g/mol. The van der Waals surface area contributed by atoms with Crippen molar-refractivity contribution in [2.75, 3.05) is 16.8 Å². The average molecular weight is 400 g/mol. The second-order valence-electron chi connectivity index (χ2n) is 4.21. The molecule has 1 amide bonds. The van der Waals surface area contributed by atoms with Gasteiger partial charge in [-0.25, -0.2) is 8.42 Å². The van der Waals surface area contributed by atoms with Crippen LogP contribution in [-0.4, -0.2) is 25.8 Å². The van der Waals surface area contributed by atoms with Crippen LogP contribution in [0.4, 0.5) is 5.69 Å². The molecule has 18 heavy (non-hydrogen) atoms. The highest BCUT2D eigenvalue weighted by Gasteiger charge is 2.33. The number of carbonyl (C=O) groups excluding carboxylic acids is 1. The second kappa shape index (κ2) is 5.34. The molecule has 1 aromatic rings. The van der Waals surface area contributed by atoms with Gasteiger partial charge in [0.05, 0.1) is 23.1 Å². The summed E-state index contributed by atoms with van der Waals surface area (Å²) in [4.78, 5) is 11.9. The van der Waals surface area contributed by atoms with Gasteiger partial charge >= 0.3 is 0 Å². The summed E-state index contributed by atoms with van der Waals surface area (Å²) in [5.74, 6) is -0.635. The molecule has 1 unspecified atom stereocenters. The van der Waals surface area contributed by atoms with Crippen LogP contribution in [0.5, 0.6) is 0 Å². The maximum atomic E-state index is 11.9. The van der Waals surface area contributed by atoms with E-state index in [1.807, 2.05) is 0 Å². The predicted octanol–water partition coefficient (Wildman–Crippen LogP) is 2.32. The van der Waals surface area contributed by atoms with Crippen molar-refractivity contribution in [3.63, 3.8) is 0 Å². The second-order valence-corrected chi connectivity index (χ2v) is 8.04. The van der Waals surface area contributed by atoms with Crippen molar-refractivity contribution in [3.05, 3.63) is 26.8 Å². The van der Waals surface area contributed by atoms with Crippen LogP contribution >= 0.6 is 34.2 Å². The Bertz CT molecular complexity index is 588. The number of anilines is 1. The lowest BCUT2D eigenvalue weighted by molar-refractivity contribution is -0.119. The molecule has 7 heteroatoms. The van der Waals surface area contributed by atoms with Crippen LogP contribution < -0.4 is 5.32 Å². The lowest BCUT2D eigenvalue weighted by atomic mass is 10.1. The first-order chi connectivity index (χ1) is 8.37. The molecule has 0 aliphatic carbocycles. The Morgan fingerprint density at radius 1 is 1.44 bits per heavy atom. The highest BCUT2D eigenvalue weighted by molar-refractivity contribution is 14.1. The van der Waals surface area contributed by atoms with E-state index in [-0.39, 0.29) is 17.4 Å². The standard InChI is InChI=1S/C11H11ClINO3S/c12-8-1-2-10(9(13)5-8)14-11(15)7-3-4-18(16,17)6-7/h1-2,5,7H,3-4,6H2,(H,14,15). The van der Waals surface area contributed by atoms with Crippen LogP contribution in [0.15, 0.2) is 18.2 Å². The molecule has 4 nitrogen and oxygen atoms in total. The first-order valence-corrected chi connectivity index (χ1v) is 8.61. The van der Waals surface area contributed by atoms with Crippen molar-refractivity contribution < 1.29 is 13.2 Å². The molecule has 0 aromatic heterocycles. The number of sulfone groups is 1. The van der Waals surface area contributed by atoms with Crippen LogP contribution in [0.1, 0.15) is 6.42 Å². The van der Waals surface area contributed by atoms with Crippen molar-refractivity contribution in [3.8, 4) is 0 Å². The number of amides is 1. The Hall–Kier alpha value is -0.340. The minimum absolute atomic E-state index is 0.0526. The zero-order valence-corrected chi connectivity index (χ0v) is 13.0. The van der Waals surface area contributed by atoms with Crippen molar-refractivity contribution >= 4 is 55.6 Å². The van der Waals surface area contributed by atoms with Crippen molar-refractivity contribution in [1.82, 2.24) is 0 Å². The van der Waals surface area contributed by atoms with Gasteiger partial charge in [-0.15, -0.1) is 0 Å². The zero-order chi connectivity index (χ0) is 13.3. The van der Waals surface area contributed by atoms with Gasteiger partial charge in [-0.2, -0.15) is 0 Å². The Kier molecular flexibility index (Phi) is 4.18. The summed E-state index contributed by atoms with van der Waals surface area (Å²) in [6.07, 6.45) is 0.401. The topological polar surface area (TPSA) is 63.2 Å². The minimum Gasteiger partial charge on any atom is -0.325 e. The maximum Gasteiger partial charge on any atom is 0.228 e. The lowest BCUT2D eigenvalue weighted by Crippen LogP contribution is -2.24. The Labute approximate surface area is 124 Å². The summed E-state index contributed by atoms with van der Waals surface area (Å²) >= 11 is 7.89. The Balaban J connectivity index is 2.08. The van der Waals surface area contributed by atoms with Gasteiger partial charge in [-0.1, -0.05) is 11.6 Å².